The molecule has 38 heavy (non-hydrogen) atoms. The van der Waals surface area contributed by atoms with Crippen LogP contribution >= 0.6 is 0 Å². The Labute approximate surface area is 217 Å². The third kappa shape index (κ3) is 3.98. The maximum Gasteiger partial charge on any atom is 0.251 e. The molecule has 2 aromatic heterocycles. The minimum atomic E-state index is -0.461. The number of aryl methyl sites for hydroxylation is 1. The molecule has 8 nitrogen and oxygen atoms in total. The van der Waals surface area contributed by atoms with E-state index in [9.17, 15) is 19.8 Å². The minimum absolute atomic E-state index is 0.0235. The Morgan fingerprint density at radius 1 is 1.05 bits per heavy atom. The van der Waals surface area contributed by atoms with E-state index in [4.69, 9.17) is 9.15 Å². The lowest BCUT2D eigenvalue weighted by Gasteiger charge is -2.08. The van der Waals surface area contributed by atoms with Gasteiger partial charge in [-0.05, 0) is 47.5 Å². The van der Waals surface area contributed by atoms with Gasteiger partial charge in [-0.15, -0.1) is 0 Å². The zero-order valence-electron chi connectivity index (χ0n) is 20.3. The molecule has 3 heterocycles. The van der Waals surface area contributed by atoms with E-state index in [0.717, 1.165) is 33.7 Å². The summed E-state index contributed by atoms with van der Waals surface area (Å²) in [4.78, 5) is 25.6. The van der Waals surface area contributed by atoms with E-state index in [0.29, 0.717) is 17.9 Å². The number of aromatic nitrogens is 1. The normalized spacial score (nSPS) is 13.6. The van der Waals surface area contributed by atoms with E-state index >= 15 is 0 Å². The number of nitrogens with zero attached hydrogens (tertiary/aromatic N) is 1. The van der Waals surface area contributed by atoms with Gasteiger partial charge in [-0.3, -0.25) is 9.59 Å². The summed E-state index contributed by atoms with van der Waals surface area (Å²) in [5.74, 6) is -0.362. The monoisotopic (exact) mass is 506 g/mol. The third-order valence-corrected chi connectivity index (χ3v) is 6.53. The van der Waals surface area contributed by atoms with Gasteiger partial charge in [-0.2, -0.15) is 0 Å². The maximum absolute atomic E-state index is 13.0. The van der Waals surface area contributed by atoms with Gasteiger partial charge in [0.25, 0.3) is 5.91 Å². The molecule has 0 saturated heterocycles. The molecule has 6 rings (SSSR count). The number of ketones is 1. The van der Waals surface area contributed by atoms with Gasteiger partial charge in [0.05, 0.1) is 12.8 Å². The van der Waals surface area contributed by atoms with Crippen molar-refractivity contribution in [1.82, 2.24) is 9.88 Å². The number of furan rings is 1. The highest BCUT2D eigenvalue weighted by Gasteiger charge is 2.31. The van der Waals surface area contributed by atoms with E-state index in [1.165, 1.54) is 6.07 Å². The second-order valence-electron chi connectivity index (χ2n) is 9.01. The van der Waals surface area contributed by atoms with Crippen LogP contribution in [0.3, 0.4) is 0 Å². The lowest BCUT2D eigenvalue weighted by Crippen LogP contribution is -2.22. The van der Waals surface area contributed by atoms with Crippen molar-refractivity contribution >= 4 is 28.7 Å². The van der Waals surface area contributed by atoms with Gasteiger partial charge in [-0.25, -0.2) is 0 Å². The predicted molar refractivity (Wildman–Crippen MR) is 141 cm³/mol. The first-order valence-electron chi connectivity index (χ1n) is 11.9. The van der Waals surface area contributed by atoms with E-state index < -0.39 is 5.78 Å². The Bertz CT molecular complexity index is 1740. The first-order valence-corrected chi connectivity index (χ1v) is 11.9. The van der Waals surface area contributed by atoms with Gasteiger partial charge in [0, 0.05) is 47.4 Å². The van der Waals surface area contributed by atoms with Gasteiger partial charge in [0.1, 0.15) is 28.6 Å². The van der Waals surface area contributed by atoms with Crippen molar-refractivity contribution in [3.63, 3.8) is 0 Å². The summed E-state index contributed by atoms with van der Waals surface area (Å²) in [6.07, 6.45) is 5.10. The topological polar surface area (TPSA) is 114 Å². The van der Waals surface area contributed by atoms with Crippen LogP contribution in [0.15, 0.2) is 89.4 Å². The van der Waals surface area contributed by atoms with Crippen LogP contribution in [0.5, 0.6) is 17.2 Å². The second kappa shape index (κ2) is 9.01. The molecule has 0 bridgehead atoms. The summed E-state index contributed by atoms with van der Waals surface area (Å²) in [6.45, 7) is 0.303. The number of phenolic OH excluding ortho intramolecular Hbond substituents is 2. The molecule has 0 unspecified atom stereocenters. The number of aromatic hydroxyl groups is 2. The molecule has 3 N–H and O–H groups in total. The Morgan fingerprint density at radius 2 is 1.87 bits per heavy atom. The molecule has 0 aliphatic carbocycles. The fraction of sp³-hybridized carbons (Fsp3) is 0.0667. The zero-order chi connectivity index (χ0) is 26.4. The van der Waals surface area contributed by atoms with Crippen LogP contribution in [0.2, 0.25) is 0 Å². The van der Waals surface area contributed by atoms with Crippen LogP contribution < -0.4 is 10.1 Å². The zero-order valence-corrected chi connectivity index (χ0v) is 20.3. The molecular weight excluding hydrogens is 484 g/mol. The molecule has 8 heteroatoms. The van der Waals surface area contributed by atoms with Crippen LogP contribution in [0.4, 0.5) is 0 Å². The Kier molecular flexibility index (Phi) is 5.49. The van der Waals surface area contributed by atoms with Gasteiger partial charge >= 0.3 is 0 Å². The number of carbonyl (C=O) groups excluding carboxylic acids is 2. The summed E-state index contributed by atoms with van der Waals surface area (Å²) in [7, 11) is 1.91. The number of fused-ring (bicyclic) bond motifs is 2. The summed E-state index contributed by atoms with van der Waals surface area (Å²) in [5, 5.41) is 23.7. The highest BCUT2D eigenvalue weighted by molar-refractivity contribution is 6.17. The number of rotatable bonds is 5. The summed E-state index contributed by atoms with van der Waals surface area (Å²) in [6, 6.07) is 19.2. The van der Waals surface area contributed by atoms with Gasteiger partial charge in [0.15, 0.2) is 5.76 Å². The summed E-state index contributed by atoms with van der Waals surface area (Å²) >= 11 is 0. The quantitative estimate of drug-likeness (QED) is 0.275. The first kappa shape index (κ1) is 23.2. The molecule has 3 aromatic carbocycles. The molecule has 0 fully saturated rings. The maximum atomic E-state index is 13.0. The van der Waals surface area contributed by atoms with Crippen molar-refractivity contribution in [3.8, 4) is 28.4 Å². The van der Waals surface area contributed by atoms with Crippen LogP contribution in [-0.2, 0) is 13.6 Å². The van der Waals surface area contributed by atoms with E-state index in [-0.39, 0.29) is 34.5 Å². The molecule has 1 aliphatic heterocycles. The predicted octanol–water partition coefficient (Wildman–Crippen LogP) is 5.40. The Hall–Kier alpha value is -5.24. The third-order valence-electron chi connectivity index (χ3n) is 6.53. The highest BCUT2D eigenvalue weighted by atomic mass is 16.5. The first-order chi connectivity index (χ1) is 18.4. The molecule has 0 saturated carbocycles. The number of allylic oxidation sites excluding steroid dienone is 1. The molecule has 0 spiro atoms. The van der Waals surface area contributed by atoms with Gasteiger partial charge in [-0.1, -0.05) is 24.3 Å². The standard InChI is InChI=1S/C30H22N2O6/c1-32-16-19(12-26-29(35)28-24(34)13-20(33)14-25(28)38-26)27-22(5-2-6-23(27)32)17-7-9-18(10-8-17)30(36)31-15-21-4-3-11-37-21/h2-14,16,33-34H,15H2,1H3,(H,31,36). The fourth-order valence-electron chi connectivity index (χ4n) is 4.73. The number of carbonyl (C=O) groups is 2. The molecular formula is C30H22N2O6. The van der Waals surface area contributed by atoms with Crippen LogP contribution in [0.1, 0.15) is 32.0 Å². The van der Waals surface area contributed by atoms with Crippen molar-refractivity contribution in [2.24, 2.45) is 7.05 Å². The second-order valence-corrected chi connectivity index (χ2v) is 9.01. The number of Topliss-reactive ketones (excluding diaryl/α,β-unsaturated/α-hetero) is 1. The van der Waals surface area contributed by atoms with E-state index in [2.05, 4.69) is 5.32 Å². The molecule has 0 atom stereocenters. The molecule has 0 radical (unpaired) electrons. The molecule has 1 aliphatic rings. The van der Waals surface area contributed by atoms with Crippen LogP contribution in [0.25, 0.3) is 28.1 Å². The van der Waals surface area contributed by atoms with Crippen molar-refractivity contribution < 1.29 is 29.0 Å². The van der Waals surface area contributed by atoms with Gasteiger partial charge < -0.3 is 29.3 Å². The largest absolute Gasteiger partial charge is 0.508 e. The van der Waals surface area contributed by atoms with E-state index in [1.54, 1.807) is 36.6 Å². The van der Waals surface area contributed by atoms with Crippen molar-refractivity contribution in [3.05, 3.63) is 107 Å². The number of phenols is 2. The van der Waals surface area contributed by atoms with Crippen molar-refractivity contribution in [1.29, 1.82) is 0 Å². The molecule has 5 aromatic rings. The molecule has 1 amide bonds. The fourth-order valence-corrected chi connectivity index (χ4v) is 4.73. The van der Waals surface area contributed by atoms with Gasteiger partial charge in [0.2, 0.25) is 5.78 Å². The summed E-state index contributed by atoms with van der Waals surface area (Å²) in [5.41, 5.74) is 4.05. The van der Waals surface area contributed by atoms with Crippen LogP contribution in [0, 0.1) is 0 Å². The average Bonchev–Trinajstić information content (AvgIpc) is 3.62. The summed E-state index contributed by atoms with van der Waals surface area (Å²) < 4.78 is 12.9. The number of benzene rings is 3. The Morgan fingerprint density at radius 3 is 2.63 bits per heavy atom. The van der Waals surface area contributed by atoms with Crippen LogP contribution in [-0.4, -0.2) is 26.5 Å². The molecule has 188 valence electrons. The minimum Gasteiger partial charge on any atom is -0.508 e. The van der Waals surface area contributed by atoms with E-state index in [1.807, 2.05) is 48.1 Å². The number of amides is 1. The lowest BCUT2D eigenvalue weighted by atomic mass is 9.97. The SMILES string of the molecule is Cn1cc(C=C2Oc3cc(O)cc(O)c3C2=O)c2c(-c3ccc(C(=O)NCc4ccco4)cc3)cccc21. The van der Waals surface area contributed by atoms with Crippen molar-refractivity contribution in [2.75, 3.05) is 0 Å². The number of hydrogen-bond donors (Lipinski definition) is 3. The number of nitrogens with one attached hydrogen (secondary N) is 1. The smallest absolute Gasteiger partial charge is 0.251 e. The highest BCUT2D eigenvalue weighted by Crippen LogP contribution is 2.41. The number of hydrogen-bond acceptors (Lipinski definition) is 6. The lowest BCUT2D eigenvalue weighted by molar-refractivity contribution is 0.0947. The average molecular weight is 507 g/mol. The number of ether oxygens (including phenoxy) is 1. The Balaban J connectivity index is 1.34. The van der Waals surface area contributed by atoms with Crippen molar-refractivity contribution in [2.45, 2.75) is 6.54 Å².